The Kier molecular flexibility index (Phi) is 4.23. The van der Waals surface area contributed by atoms with E-state index in [0.717, 1.165) is 0 Å². The number of hydrogen-bond acceptors (Lipinski definition) is 2. The molecule has 1 nitrogen and oxygen atoms in total. The van der Waals surface area contributed by atoms with Gasteiger partial charge in [-0.2, -0.15) is 0 Å². The smallest absolute Gasteiger partial charge is 0.0419 e. The average Bonchev–Trinajstić information content (AvgIpc) is 3.08. The Balaban J connectivity index is 1.79. The van der Waals surface area contributed by atoms with E-state index in [2.05, 4.69) is 54.9 Å². The number of fused-ring (bicyclic) bond motifs is 1. The molecule has 1 N–H and O–H groups in total. The zero-order chi connectivity index (χ0) is 13.9. The van der Waals surface area contributed by atoms with Crippen molar-refractivity contribution in [2.75, 3.05) is 0 Å². The van der Waals surface area contributed by atoms with E-state index >= 15 is 0 Å². The molecule has 0 aliphatic heterocycles. The van der Waals surface area contributed by atoms with Gasteiger partial charge in [-0.3, -0.25) is 0 Å². The Morgan fingerprint density at radius 1 is 1.35 bits per heavy atom. The molecule has 0 saturated carbocycles. The predicted octanol–water partition coefficient (Wildman–Crippen LogP) is 5.17. The monoisotopic (exact) mass is 285 g/mol. The molecule has 1 heterocycles. The highest BCUT2D eigenvalue weighted by molar-refractivity contribution is 7.10. The minimum atomic E-state index is 0.511. The van der Waals surface area contributed by atoms with Gasteiger partial charge >= 0.3 is 0 Å². The lowest BCUT2D eigenvalue weighted by Crippen LogP contribution is -2.24. The van der Waals surface area contributed by atoms with Crippen molar-refractivity contribution in [1.29, 1.82) is 0 Å². The summed E-state index contributed by atoms with van der Waals surface area (Å²) in [6.45, 7) is 4.47. The Labute approximate surface area is 126 Å². The number of aryl methyl sites for hydroxylation is 2. The lowest BCUT2D eigenvalue weighted by Gasteiger charge is -2.23. The van der Waals surface area contributed by atoms with Gasteiger partial charge < -0.3 is 5.32 Å². The van der Waals surface area contributed by atoms with Crippen molar-refractivity contribution < 1.29 is 0 Å². The zero-order valence-electron chi connectivity index (χ0n) is 12.4. The standard InChI is InChI=1S/C18H23NS/c1-3-5-17(18-6-4-11-20-18)19-16-10-9-14-8-7-13(2)12-15(14)16/h4,6-8,11-12,16-17,19H,3,5,9-10H2,1-2H3. The normalized spacial score (nSPS) is 19.0. The van der Waals surface area contributed by atoms with Gasteiger partial charge in [0.05, 0.1) is 0 Å². The van der Waals surface area contributed by atoms with Crippen LogP contribution in [0.25, 0.3) is 0 Å². The highest BCUT2D eigenvalue weighted by atomic mass is 32.1. The first-order valence-corrected chi connectivity index (χ1v) is 8.54. The molecule has 2 aromatic rings. The zero-order valence-corrected chi connectivity index (χ0v) is 13.2. The van der Waals surface area contributed by atoms with Crippen LogP contribution in [0.15, 0.2) is 35.7 Å². The molecule has 1 aliphatic rings. The third-order valence-electron chi connectivity index (χ3n) is 4.25. The van der Waals surface area contributed by atoms with E-state index in [4.69, 9.17) is 0 Å². The Morgan fingerprint density at radius 2 is 2.25 bits per heavy atom. The molecule has 0 amide bonds. The molecular formula is C18H23NS. The molecule has 2 heteroatoms. The van der Waals surface area contributed by atoms with Crippen LogP contribution in [-0.4, -0.2) is 0 Å². The first-order valence-electron chi connectivity index (χ1n) is 7.67. The summed E-state index contributed by atoms with van der Waals surface area (Å²) in [5.41, 5.74) is 4.44. The third kappa shape index (κ3) is 2.82. The van der Waals surface area contributed by atoms with Gasteiger partial charge in [0.2, 0.25) is 0 Å². The molecule has 0 spiro atoms. The van der Waals surface area contributed by atoms with E-state index in [1.807, 2.05) is 11.3 Å². The molecule has 1 aromatic carbocycles. The summed E-state index contributed by atoms with van der Waals surface area (Å²) in [5, 5.41) is 6.10. The number of benzene rings is 1. The number of rotatable bonds is 5. The van der Waals surface area contributed by atoms with Gasteiger partial charge in [0.25, 0.3) is 0 Å². The molecule has 20 heavy (non-hydrogen) atoms. The van der Waals surface area contributed by atoms with E-state index in [1.165, 1.54) is 47.3 Å². The van der Waals surface area contributed by atoms with Crippen LogP contribution in [0, 0.1) is 6.92 Å². The molecule has 2 atom stereocenters. The number of hydrogen-bond donors (Lipinski definition) is 1. The molecule has 0 fully saturated rings. The molecular weight excluding hydrogens is 262 g/mol. The van der Waals surface area contributed by atoms with Gasteiger partial charge in [-0.25, -0.2) is 0 Å². The molecule has 1 aromatic heterocycles. The van der Waals surface area contributed by atoms with Gasteiger partial charge in [0.1, 0.15) is 0 Å². The summed E-state index contributed by atoms with van der Waals surface area (Å²) in [6.07, 6.45) is 4.90. The van der Waals surface area contributed by atoms with Crippen molar-refractivity contribution >= 4 is 11.3 Å². The lowest BCUT2D eigenvalue weighted by molar-refractivity contribution is 0.423. The van der Waals surface area contributed by atoms with Gasteiger partial charge in [-0.1, -0.05) is 43.2 Å². The minimum Gasteiger partial charge on any atom is -0.302 e. The van der Waals surface area contributed by atoms with Crippen LogP contribution in [0.2, 0.25) is 0 Å². The Hall–Kier alpha value is -1.12. The van der Waals surface area contributed by atoms with Gasteiger partial charge in [-0.15, -0.1) is 11.3 Å². The topological polar surface area (TPSA) is 12.0 Å². The molecule has 0 radical (unpaired) electrons. The van der Waals surface area contributed by atoms with Crippen LogP contribution < -0.4 is 5.32 Å². The summed E-state index contributed by atoms with van der Waals surface area (Å²) < 4.78 is 0. The average molecular weight is 285 g/mol. The molecule has 0 saturated heterocycles. The fourth-order valence-electron chi connectivity index (χ4n) is 3.22. The minimum absolute atomic E-state index is 0.511. The van der Waals surface area contributed by atoms with Crippen molar-refractivity contribution in [1.82, 2.24) is 5.32 Å². The molecule has 1 aliphatic carbocycles. The molecule has 3 rings (SSSR count). The fourth-order valence-corrected chi connectivity index (χ4v) is 4.05. The van der Waals surface area contributed by atoms with Crippen molar-refractivity contribution in [3.63, 3.8) is 0 Å². The maximum Gasteiger partial charge on any atom is 0.0419 e. The summed E-state index contributed by atoms with van der Waals surface area (Å²) in [5.74, 6) is 0. The molecule has 106 valence electrons. The van der Waals surface area contributed by atoms with Crippen molar-refractivity contribution in [3.8, 4) is 0 Å². The molecule has 0 bridgehead atoms. The van der Waals surface area contributed by atoms with Crippen molar-refractivity contribution in [2.24, 2.45) is 0 Å². The second-order valence-electron chi connectivity index (χ2n) is 5.82. The Bertz CT molecular complexity index is 559. The van der Waals surface area contributed by atoms with E-state index < -0.39 is 0 Å². The first kappa shape index (κ1) is 13.8. The quantitative estimate of drug-likeness (QED) is 0.798. The summed E-state index contributed by atoms with van der Waals surface area (Å²) >= 11 is 1.88. The van der Waals surface area contributed by atoms with Crippen LogP contribution in [0.5, 0.6) is 0 Å². The van der Waals surface area contributed by atoms with E-state index in [9.17, 15) is 0 Å². The predicted molar refractivity (Wildman–Crippen MR) is 87.3 cm³/mol. The SMILES string of the molecule is CCCC(NC1CCc2ccc(C)cc21)c1cccs1. The Morgan fingerprint density at radius 3 is 3.00 bits per heavy atom. The number of nitrogens with one attached hydrogen (secondary N) is 1. The third-order valence-corrected chi connectivity index (χ3v) is 5.23. The van der Waals surface area contributed by atoms with Crippen LogP contribution in [0.3, 0.4) is 0 Å². The van der Waals surface area contributed by atoms with Crippen LogP contribution in [-0.2, 0) is 6.42 Å². The van der Waals surface area contributed by atoms with E-state index in [0.29, 0.717) is 12.1 Å². The van der Waals surface area contributed by atoms with E-state index in [1.54, 1.807) is 0 Å². The van der Waals surface area contributed by atoms with Crippen LogP contribution >= 0.6 is 11.3 Å². The second kappa shape index (κ2) is 6.11. The maximum atomic E-state index is 3.91. The van der Waals surface area contributed by atoms with Crippen LogP contribution in [0.1, 0.15) is 59.8 Å². The summed E-state index contributed by atoms with van der Waals surface area (Å²) in [6, 6.07) is 12.4. The first-order chi connectivity index (χ1) is 9.78. The maximum absolute atomic E-state index is 3.91. The van der Waals surface area contributed by atoms with Gasteiger partial charge in [0, 0.05) is 17.0 Å². The van der Waals surface area contributed by atoms with Crippen molar-refractivity contribution in [2.45, 2.75) is 51.6 Å². The summed E-state index contributed by atoms with van der Waals surface area (Å²) in [4.78, 5) is 1.48. The largest absolute Gasteiger partial charge is 0.302 e. The van der Waals surface area contributed by atoms with Gasteiger partial charge in [-0.05, 0) is 48.8 Å². The highest BCUT2D eigenvalue weighted by Gasteiger charge is 2.25. The van der Waals surface area contributed by atoms with E-state index in [-0.39, 0.29) is 0 Å². The lowest BCUT2D eigenvalue weighted by atomic mass is 10.0. The highest BCUT2D eigenvalue weighted by Crippen LogP contribution is 2.35. The number of thiophene rings is 1. The van der Waals surface area contributed by atoms with Crippen molar-refractivity contribution in [3.05, 3.63) is 57.3 Å². The molecule has 2 unspecified atom stereocenters. The van der Waals surface area contributed by atoms with Crippen LogP contribution in [0.4, 0.5) is 0 Å². The summed E-state index contributed by atoms with van der Waals surface area (Å²) in [7, 11) is 0. The second-order valence-corrected chi connectivity index (χ2v) is 6.80. The fraction of sp³-hybridized carbons (Fsp3) is 0.444. The van der Waals surface area contributed by atoms with Gasteiger partial charge in [0.15, 0.2) is 0 Å².